The number of anilines is 2. The lowest BCUT2D eigenvalue weighted by Crippen LogP contribution is -2.28. The lowest BCUT2D eigenvalue weighted by Gasteiger charge is -2.26. The van der Waals surface area contributed by atoms with Crippen LogP contribution in [0.3, 0.4) is 0 Å². The fraction of sp³-hybridized carbons (Fsp3) is 0.316. The first kappa shape index (κ1) is 16.7. The first-order valence-electron chi connectivity index (χ1n) is 8.72. The summed E-state index contributed by atoms with van der Waals surface area (Å²) in [5.74, 6) is 0.587. The predicted octanol–water partition coefficient (Wildman–Crippen LogP) is 3.13. The van der Waals surface area contributed by atoms with Crippen molar-refractivity contribution in [1.82, 2.24) is 15.0 Å². The first-order chi connectivity index (χ1) is 12.6. The lowest BCUT2D eigenvalue weighted by atomic mass is 9.93. The van der Waals surface area contributed by atoms with Crippen LogP contribution >= 0.6 is 0 Å². The summed E-state index contributed by atoms with van der Waals surface area (Å²) in [6, 6.07) is 6.44. The van der Waals surface area contributed by atoms with Gasteiger partial charge in [-0.2, -0.15) is 0 Å². The van der Waals surface area contributed by atoms with Crippen molar-refractivity contribution < 1.29 is 9.50 Å². The Morgan fingerprint density at radius 2 is 1.77 bits per heavy atom. The molecular weight excluding hydrogens is 333 g/mol. The number of benzene rings is 1. The highest BCUT2D eigenvalue weighted by Gasteiger charge is 2.20. The molecule has 1 aliphatic rings. The van der Waals surface area contributed by atoms with Gasteiger partial charge >= 0.3 is 0 Å². The number of nitrogens with two attached hydrogens (primary N) is 1. The minimum atomic E-state index is -0.294. The normalized spacial score (nSPS) is 20.2. The van der Waals surface area contributed by atoms with E-state index in [-0.39, 0.29) is 18.0 Å². The monoisotopic (exact) mass is 353 g/mol. The fourth-order valence-corrected chi connectivity index (χ4v) is 3.35. The van der Waals surface area contributed by atoms with Crippen molar-refractivity contribution in [1.29, 1.82) is 0 Å². The number of nitrogen functional groups attached to an aromatic ring is 1. The summed E-state index contributed by atoms with van der Waals surface area (Å²) < 4.78 is 13.2. The fourth-order valence-electron chi connectivity index (χ4n) is 3.35. The number of aliphatic hydroxyl groups excluding tert-OH is 1. The van der Waals surface area contributed by atoms with Crippen LogP contribution < -0.4 is 11.1 Å². The Labute approximate surface area is 150 Å². The first-order valence-corrected chi connectivity index (χ1v) is 8.72. The lowest BCUT2D eigenvalue weighted by molar-refractivity contribution is 0.126. The summed E-state index contributed by atoms with van der Waals surface area (Å²) in [5, 5.41) is 13.6. The quantitative estimate of drug-likeness (QED) is 0.669. The molecule has 1 saturated carbocycles. The van der Waals surface area contributed by atoms with Crippen molar-refractivity contribution in [2.24, 2.45) is 0 Å². The number of pyridine rings is 1. The molecule has 1 fully saturated rings. The van der Waals surface area contributed by atoms with Crippen molar-refractivity contribution in [3.63, 3.8) is 0 Å². The molecule has 0 saturated heterocycles. The number of halogens is 1. The van der Waals surface area contributed by atoms with Crippen LogP contribution in [0, 0.1) is 5.82 Å². The van der Waals surface area contributed by atoms with Gasteiger partial charge in [-0.05, 0) is 43.4 Å². The van der Waals surface area contributed by atoms with E-state index in [0.29, 0.717) is 22.7 Å². The van der Waals surface area contributed by atoms with Crippen LogP contribution in [0.1, 0.15) is 25.7 Å². The number of nitrogens with zero attached hydrogens (tertiary/aromatic N) is 3. The molecule has 0 spiro atoms. The summed E-state index contributed by atoms with van der Waals surface area (Å²) >= 11 is 0. The summed E-state index contributed by atoms with van der Waals surface area (Å²) in [7, 11) is 0. The van der Waals surface area contributed by atoms with Crippen LogP contribution in [0.5, 0.6) is 0 Å². The summed E-state index contributed by atoms with van der Waals surface area (Å²) in [4.78, 5) is 13.2. The van der Waals surface area contributed by atoms with E-state index >= 15 is 0 Å². The average Bonchev–Trinajstić information content (AvgIpc) is 2.65. The molecule has 2 aromatic heterocycles. The third-order valence-electron chi connectivity index (χ3n) is 4.84. The zero-order valence-corrected chi connectivity index (χ0v) is 14.2. The standard InChI is InChI=1S/C19H20FN5O/c20-12-3-1-11(2-4-12)15-9-22-18(21)16-10-23-19(25-17(15)16)24-13-5-7-14(26)8-6-13/h1-4,9-10,13-14,26H,5-8H2,(H2,21,22)(H,23,24,25)/t13-,14-. The van der Waals surface area contributed by atoms with Gasteiger partial charge in [0, 0.05) is 24.0 Å². The van der Waals surface area contributed by atoms with Crippen LogP contribution in [0.15, 0.2) is 36.7 Å². The molecule has 0 atom stereocenters. The minimum Gasteiger partial charge on any atom is -0.393 e. The zero-order chi connectivity index (χ0) is 18.1. The molecule has 4 N–H and O–H groups in total. The Kier molecular flexibility index (Phi) is 4.38. The molecule has 6 nitrogen and oxygen atoms in total. The van der Waals surface area contributed by atoms with Crippen LogP contribution in [0.2, 0.25) is 0 Å². The molecule has 1 aliphatic carbocycles. The molecule has 0 radical (unpaired) electrons. The van der Waals surface area contributed by atoms with Crippen molar-refractivity contribution in [3.05, 3.63) is 42.5 Å². The van der Waals surface area contributed by atoms with E-state index in [1.807, 2.05) is 0 Å². The van der Waals surface area contributed by atoms with Gasteiger partial charge in [-0.25, -0.2) is 19.3 Å². The van der Waals surface area contributed by atoms with Crippen LogP contribution in [0.25, 0.3) is 22.0 Å². The number of rotatable bonds is 3. The largest absolute Gasteiger partial charge is 0.393 e. The maximum absolute atomic E-state index is 13.2. The van der Waals surface area contributed by atoms with Crippen LogP contribution in [-0.2, 0) is 0 Å². The molecule has 0 bridgehead atoms. The molecule has 2 heterocycles. The molecule has 3 aromatic rings. The van der Waals surface area contributed by atoms with Gasteiger partial charge in [0.1, 0.15) is 11.6 Å². The van der Waals surface area contributed by atoms with Crippen molar-refractivity contribution in [2.45, 2.75) is 37.8 Å². The Morgan fingerprint density at radius 1 is 1.04 bits per heavy atom. The molecule has 0 aliphatic heterocycles. The number of hydrogen-bond donors (Lipinski definition) is 3. The van der Waals surface area contributed by atoms with E-state index in [1.54, 1.807) is 24.5 Å². The molecule has 4 rings (SSSR count). The minimum absolute atomic E-state index is 0.207. The van der Waals surface area contributed by atoms with Gasteiger partial charge in [0.25, 0.3) is 0 Å². The highest BCUT2D eigenvalue weighted by Crippen LogP contribution is 2.30. The zero-order valence-electron chi connectivity index (χ0n) is 14.2. The Hall–Kier alpha value is -2.80. The molecule has 0 amide bonds. The molecule has 1 aromatic carbocycles. The molecule has 134 valence electrons. The maximum atomic E-state index is 13.2. The van der Waals surface area contributed by atoms with Crippen LogP contribution in [-0.4, -0.2) is 32.2 Å². The number of nitrogens with one attached hydrogen (secondary N) is 1. The smallest absolute Gasteiger partial charge is 0.223 e. The van der Waals surface area contributed by atoms with Crippen molar-refractivity contribution >= 4 is 22.7 Å². The number of fused-ring (bicyclic) bond motifs is 1. The van der Waals surface area contributed by atoms with Gasteiger partial charge in [0.15, 0.2) is 0 Å². The summed E-state index contributed by atoms with van der Waals surface area (Å²) in [6.07, 6.45) is 6.43. The van der Waals surface area contributed by atoms with Crippen LogP contribution in [0.4, 0.5) is 16.2 Å². The van der Waals surface area contributed by atoms with Gasteiger partial charge in [-0.1, -0.05) is 12.1 Å². The predicted molar refractivity (Wildman–Crippen MR) is 99.0 cm³/mol. The molecular formula is C19H20FN5O. The second-order valence-electron chi connectivity index (χ2n) is 6.67. The second-order valence-corrected chi connectivity index (χ2v) is 6.67. The average molecular weight is 353 g/mol. The van der Waals surface area contributed by atoms with E-state index in [4.69, 9.17) is 5.73 Å². The van der Waals surface area contributed by atoms with Gasteiger partial charge in [0.2, 0.25) is 5.95 Å². The van der Waals surface area contributed by atoms with E-state index in [0.717, 1.165) is 36.8 Å². The number of aliphatic hydroxyl groups is 1. The maximum Gasteiger partial charge on any atom is 0.223 e. The van der Waals surface area contributed by atoms with Gasteiger partial charge in [0.05, 0.1) is 17.0 Å². The van der Waals surface area contributed by atoms with E-state index in [1.165, 1.54) is 12.1 Å². The third-order valence-corrected chi connectivity index (χ3v) is 4.84. The van der Waals surface area contributed by atoms with Gasteiger partial charge in [-0.15, -0.1) is 0 Å². The van der Waals surface area contributed by atoms with Crippen molar-refractivity contribution in [2.75, 3.05) is 11.1 Å². The van der Waals surface area contributed by atoms with E-state index in [2.05, 4.69) is 20.3 Å². The summed E-state index contributed by atoms with van der Waals surface area (Å²) in [5.41, 5.74) is 8.25. The molecule has 26 heavy (non-hydrogen) atoms. The number of hydrogen-bond acceptors (Lipinski definition) is 6. The molecule has 7 heteroatoms. The van der Waals surface area contributed by atoms with Crippen molar-refractivity contribution in [3.8, 4) is 11.1 Å². The SMILES string of the molecule is Nc1ncc(-c2ccc(F)cc2)c2nc(N[C@H]3CC[C@H](O)CC3)ncc12. The number of aromatic nitrogens is 3. The highest BCUT2D eigenvalue weighted by molar-refractivity contribution is 5.98. The summed E-state index contributed by atoms with van der Waals surface area (Å²) in [6.45, 7) is 0. The van der Waals surface area contributed by atoms with Gasteiger partial charge in [-0.3, -0.25) is 0 Å². The van der Waals surface area contributed by atoms with E-state index < -0.39 is 0 Å². The topological polar surface area (TPSA) is 97.0 Å². The third kappa shape index (κ3) is 3.30. The Morgan fingerprint density at radius 3 is 2.50 bits per heavy atom. The Bertz CT molecular complexity index is 923. The molecule has 0 unspecified atom stereocenters. The second kappa shape index (κ2) is 6.84. The Balaban J connectivity index is 1.71. The van der Waals surface area contributed by atoms with Gasteiger partial charge < -0.3 is 16.2 Å². The highest BCUT2D eigenvalue weighted by atomic mass is 19.1. The van der Waals surface area contributed by atoms with E-state index in [9.17, 15) is 9.50 Å².